The number of likely N-dealkylation sites (N-methyl/N-ethyl adjacent to an activating group) is 1. The molecule has 1 unspecified atom stereocenters. The first kappa shape index (κ1) is 39.9. The average Bonchev–Trinajstić information content (AvgIpc) is 3.65. The molecule has 57 heavy (non-hydrogen) atoms. The maximum atomic E-state index is 14.9. The number of phenolic OH excluding ortho intramolecular Hbond substituents is 1. The largest absolute Gasteiger partial charge is 0.504 e. The molecule has 1 saturated heterocycles. The number of carbonyl (C=O) groups excluding carboxylic acids is 2. The molecule has 4 aliphatic rings. The maximum absolute atomic E-state index is 14.9. The molecule has 2 N–H and O–H groups in total. The Morgan fingerprint density at radius 3 is 2.33 bits per heavy atom. The lowest BCUT2D eigenvalue weighted by Gasteiger charge is -2.60. The molecule has 304 valence electrons. The normalized spacial score (nSPS) is 22.8. The number of hydrogen-bond acceptors (Lipinski definition) is 10. The molecule has 4 heterocycles. The predicted molar refractivity (Wildman–Crippen MR) is 186 cm³/mol. The molecular formula is C39H37F7N4O7. The minimum Gasteiger partial charge on any atom is -0.504 e. The first-order valence-electron chi connectivity index (χ1n) is 17.9. The number of esters is 1. The van der Waals surface area contributed by atoms with Crippen LogP contribution in [0.4, 0.5) is 30.7 Å². The number of nitriles is 1. The number of alkyl halides is 7. The molecular weight excluding hydrogens is 769 g/mol. The van der Waals surface area contributed by atoms with Gasteiger partial charge in [0, 0.05) is 47.3 Å². The number of aryl methyl sites for hydroxylation is 2. The minimum atomic E-state index is -6.81. The van der Waals surface area contributed by atoms with Crippen LogP contribution in [-0.4, -0.2) is 90.4 Å². The van der Waals surface area contributed by atoms with Gasteiger partial charge in [0.05, 0.1) is 25.3 Å². The highest BCUT2D eigenvalue weighted by atomic mass is 19.4. The number of ether oxygens (including phenoxy) is 4. The molecule has 11 nitrogen and oxygen atoms in total. The number of aromatic hydroxyl groups is 1. The van der Waals surface area contributed by atoms with Gasteiger partial charge in [-0.05, 0) is 56.8 Å². The van der Waals surface area contributed by atoms with E-state index in [0.29, 0.717) is 29.5 Å². The summed E-state index contributed by atoms with van der Waals surface area (Å²) in [6, 6.07) is 9.15. The molecule has 2 bridgehead atoms. The van der Waals surface area contributed by atoms with E-state index in [1.54, 1.807) is 18.9 Å². The lowest BCUT2D eigenvalue weighted by molar-refractivity contribution is -0.346. The third-order valence-corrected chi connectivity index (χ3v) is 11.4. The Bertz CT molecular complexity index is 2160. The van der Waals surface area contributed by atoms with Gasteiger partial charge < -0.3 is 29.4 Å². The molecule has 3 aromatic carbocycles. The van der Waals surface area contributed by atoms with Gasteiger partial charge in [-0.2, -0.15) is 36.0 Å². The number of halogens is 7. The number of carbonyl (C=O) groups is 2. The number of methoxy groups -OCH3 is 1. The van der Waals surface area contributed by atoms with Gasteiger partial charge in [-0.1, -0.05) is 36.4 Å². The molecule has 5 atom stereocenters. The van der Waals surface area contributed by atoms with Crippen molar-refractivity contribution in [3.63, 3.8) is 0 Å². The summed E-state index contributed by atoms with van der Waals surface area (Å²) >= 11 is 0. The van der Waals surface area contributed by atoms with E-state index in [1.807, 2.05) is 41.3 Å². The number of nitrogens with one attached hydrogen (secondary N) is 1. The van der Waals surface area contributed by atoms with E-state index in [2.05, 4.69) is 11.4 Å². The molecule has 7 rings (SSSR count). The summed E-state index contributed by atoms with van der Waals surface area (Å²) in [5.41, 5.74) is 2.41. The van der Waals surface area contributed by atoms with Crippen molar-refractivity contribution >= 4 is 11.9 Å². The zero-order valence-electron chi connectivity index (χ0n) is 31.0. The second-order valence-electron chi connectivity index (χ2n) is 14.6. The first-order chi connectivity index (χ1) is 26.8. The van der Waals surface area contributed by atoms with Crippen LogP contribution in [0, 0.1) is 25.2 Å². The van der Waals surface area contributed by atoms with Crippen LogP contribution in [0.3, 0.4) is 0 Å². The van der Waals surface area contributed by atoms with Crippen LogP contribution in [0.1, 0.15) is 57.4 Å². The second-order valence-corrected chi connectivity index (χ2v) is 14.6. The SMILES string of the molecule is COc1c(C)cc2c(c1O)[C@@H]1C3Cc4c(OC(=O)C(F)(F)C(F)(F)C(F)(F)F)c(C)c5c(c4[C@H](CNC(=O)CCc4ccccc4)N3[C@@H](C#N)[C@H](C2)N1C)OCO5. The van der Waals surface area contributed by atoms with Gasteiger partial charge >= 0.3 is 24.0 Å². The topological polar surface area (TPSA) is 134 Å². The number of piperazine rings is 1. The zero-order valence-corrected chi connectivity index (χ0v) is 31.0. The molecule has 18 heteroatoms. The molecule has 0 saturated carbocycles. The fraction of sp³-hybridized carbons (Fsp3) is 0.462. The Kier molecular flexibility index (Phi) is 10.0. The van der Waals surface area contributed by atoms with Gasteiger partial charge in [-0.25, -0.2) is 4.79 Å². The van der Waals surface area contributed by atoms with E-state index in [9.17, 15) is 50.7 Å². The third kappa shape index (κ3) is 6.26. The molecule has 1 fully saturated rings. The van der Waals surface area contributed by atoms with Crippen molar-refractivity contribution in [1.29, 1.82) is 5.26 Å². The quantitative estimate of drug-likeness (QED) is 0.151. The van der Waals surface area contributed by atoms with Crippen LogP contribution >= 0.6 is 0 Å². The van der Waals surface area contributed by atoms with Crippen molar-refractivity contribution < 1.29 is 64.4 Å². The van der Waals surface area contributed by atoms with E-state index in [4.69, 9.17) is 18.9 Å². The summed E-state index contributed by atoms with van der Waals surface area (Å²) in [4.78, 5) is 30.0. The Morgan fingerprint density at radius 1 is 1.00 bits per heavy atom. The third-order valence-electron chi connectivity index (χ3n) is 11.4. The van der Waals surface area contributed by atoms with Gasteiger partial charge in [-0.3, -0.25) is 14.6 Å². The molecule has 0 radical (unpaired) electrons. The Labute approximate surface area is 321 Å². The van der Waals surface area contributed by atoms with Crippen LogP contribution in [0.2, 0.25) is 0 Å². The Morgan fingerprint density at radius 2 is 1.68 bits per heavy atom. The standard InChI is InChI=1S/C39H37F7N4O7/c1-18-12-21-13-23-25(15-47)50-24(30(49(23)3)28(21)31(52)32(18)54-4)14-22-29(26(50)16-48-27(51)11-10-20-8-6-5-7-9-20)35-34(55-17-56-35)19(2)33(22)57-36(53)37(40,41)38(42,43)39(44,45)46/h5-9,12,23-26,30,52H,10-11,13-14,16-17H2,1-4H3,(H,48,51)/t23-,24?,25-,26-,30-/m0/s1. The van der Waals surface area contributed by atoms with E-state index < -0.39 is 72.6 Å². The number of fused-ring (bicyclic) bond motifs is 9. The Hall–Kier alpha value is -5.28. The number of amides is 1. The minimum absolute atomic E-state index is 0.0259. The monoisotopic (exact) mass is 806 g/mol. The number of rotatable bonds is 9. The van der Waals surface area contributed by atoms with Crippen LogP contribution in [-0.2, 0) is 28.9 Å². The van der Waals surface area contributed by atoms with Crippen molar-refractivity contribution in [2.45, 2.75) is 87.8 Å². The van der Waals surface area contributed by atoms with E-state index in [1.165, 1.54) is 14.0 Å². The summed E-state index contributed by atoms with van der Waals surface area (Å²) in [7, 11) is 3.10. The van der Waals surface area contributed by atoms with Gasteiger partial charge in [0.1, 0.15) is 11.8 Å². The highest BCUT2D eigenvalue weighted by Crippen LogP contribution is 2.59. The summed E-state index contributed by atoms with van der Waals surface area (Å²) in [5.74, 6) is -17.7. The number of hydrogen-bond donors (Lipinski definition) is 2. The lowest BCUT2D eigenvalue weighted by atomic mass is 9.71. The van der Waals surface area contributed by atoms with Crippen LogP contribution in [0.5, 0.6) is 28.7 Å². The maximum Gasteiger partial charge on any atom is 0.460 e. The van der Waals surface area contributed by atoms with Crippen molar-refractivity contribution in [2.24, 2.45) is 0 Å². The highest BCUT2D eigenvalue weighted by molar-refractivity contribution is 5.83. The average molecular weight is 807 g/mol. The smallest absolute Gasteiger partial charge is 0.460 e. The molecule has 4 aliphatic heterocycles. The number of nitrogens with zero attached hydrogens (tertiary/aromatic N) is 3. The van der Waals surface area contributed by atoms with Crippen molar-refractivity contribution in [2.75, 3.05) is 27.5 Å². The van der Waals surface area contributed by atoms with Crippen LogP contribution in [0.15, 0.2) is 36.4 Å². The van der Waals surface area contributed by atoms with Crippen molar-refractivity contribution in [3.05, 3.63) is 75.3 Å². The lowest BCUT2D eigenvalue weighted by Crippen LogP contribution is -2.68. The highest BCUT2D eigenvalue weighted by Gasteiger charge is 2.77. The first-order valence-corrected chi connectivity index (χ1v) is 17.9. The van der Waals surface area contributed by atoms with Gasteiger partial charge in [-0.15, -0.1) is 0 Å². The zero-order chi connectivity index (χ0) is 41.4. The fourth-order valence-corrected chi connectivity index (χ4v) is 8.83. The van der Waals surface area contributed by atoms with Gasteiger partial charge in [0.2, 0.25) is 12.7 Å². The fourth-order valence-electron chi connectivity index (χ4n) is 8.83. The molecule has 0 spiro atoms. The van der Waals surface area contributed by atoms with Crippen LogP contribution < -0.4 is 24.3 Å². The molecule has 0 aliphatic carbocycles. The van der Waals surface area contributed by atoms with E-state index in [0.717, 1.165) is 5.56 Å². The summed E-state index contributed by atoms with van der Waals surface area (Å²) in [5, 5.41) is 25.4. The van der Waals surface area contributed by atoms with E-state index in [-0.39, 0.29) is 59.1 Å². The predicted octanol–water partition coefficient (Wildman–Crippen LogP) is 6.01. The number of phenols is 1. The summed E-state index contributed by atoms with van der Waals surface area (Å²) < 4.78 is 119. The summed E-state index contributed by atoms with van der Waals surface area (Å²) in [6.45, 7) is 2.29. The molecule has 3 aromatic rings. The van der Waals surface area contributed by atoms with Gasteiger partial charge in [0.15, 0.2) is 23.0 Å². The van der Waals surface area contributed by atoms with Crippen LogP contribution in [0.25, 0.3) is 0 Å². The number of benzene rings is 3. The van der Waals surface area contributed by atoms with E-state index >= 15 is 0 Å². The van der Waals surface area contributed by atoms with Crippen molar-refractivity contribution in [1.82, 2.24) is 15.1 Å². The van der Waals surface area contributed by atoms with Gasteiger partial charge in [0.25, 0.3) is 0 Å². The summed E-state index contributed by atoms with van der Waals surface area (Å²) in [6.07, 6.45) is -6.39. The molecule has 1 amide bonds. The second kappa shape index (κ2) is 14.3. The Balaban J connectivity index is 1.39. The molecule has 0 aromatic heterocycles. The van der Waals surface area contributed by atoms with Crippen molar-refractivity contribution in [3.8, 4) is 34.8 Å².